The highest BCUT2D eigenvalue weighted by Gasteiger charge is 2.25. The Labute approximate surface area is 139 Å². The molecule has 1 unspecified atom stereocenters. The van der Waals surface area contributed by atoms with Crippen LogP contribution in [-0.2, 0) is 4.79 Å². The number of aryl methyl sites for hydroxylation is 2. The molecule has 0 aliphatic rings. The van der Waals surface area contributed by atoms with Crippen LogP contribution < -0.4 is 10.6 Å². The molecule has 6 nitrogen and oxygen atoms in total. The van der Waals surface area contributed by atoms with Gasteiger partial charge in [-0.2, -0.15) is 0 Å². The van der Waals surface area contributed by atoms with Gasteiger partial charge < -0.3 is 5.32 Å². The van der Waals surface area contributed by atoms with Gasteiger partial charge in [0.15, 0.2) is 0 Å². The van der Waals surface area contributed by atoms with Gasteiger partial charge in [-0.3, -0.25) is 14.9 Å². The van der Waals surface area contributed by atoms with Crippen molar-refractivity contribution >= 4 is 28.3 Å². The normalized spacial score (nSPS) is 12.0. The van der Waals surface area contributed by atoms with Gasteiger partial charge in [-0.1, -0.05) is 42.9 Å². The monoisotopic (exact) mass is 332 g/mol. The third kappa shape index (κ3) is 4.59. The highest BCUT2D eigenvalue weighted by atomic mass is 32.1. The molecule has 0 spiro atoms. The van der Waals surface area contributed by atoms with Crippen LogP contribution in [0.2, 0.25) is 0 Å². The fourth-order valence-corrected chi connectivity index (χ4v) is 2.67. The summed E-state index contributed by atoms with van der Waals surface area (Å²) in [6.07, 6.45) is 0. The van der Waals surface area contributed by atoms with Crippen LogP contribution in [0.5, 0.6) is 0 Å². The number of nitrogens with one attached hydrogen (secondary N) is 2. The first-order valence-corrected chi connectivity index (χ1v) is 8.17. The summed E-state index contributed by atoms with van der Waals surface area (Å²) in [5, 5.41) is 14.4. The van der Waals surface area contributed by atoms with E-state index in [1.807, 2.05) is 39.8 Å². The molecule has 1 heterocycles. The van der Waals surface area contributed by atoms with Gasteiger partial charge in [-0.15, -0.1) is 10.2 Å². The van der Waals surface area contributed by atoms with Crippen molar-refractivity contribution in [2.24, 2.45) is 5.92 Å². The lowest BCUT2D eigenvalue weighted by Crippen LogP contribution is -2.47. The average Bonchev–Trinajstić information content (AvgIpc) is 2.89. The molecule has 23 heavy (non-hydrogen) atoms. The molecule has 0 aliphatic heterocycles. The Hall–Kier alpha value is -2.28. The Kier molecular flexibility index (Phi) is 5.44. The van der Waals surface area contributed by atoms with Crippen molar-refractivity contribution in [3.8, 4) is 0 Å². The van der Waals surface area contributed by atoms with E-state index in [2.05, 4.69) is 20.8 Å². The number of carbonyl (C=O) groups is 2. The highest BCUT2D eigenvalue weighted by molar-refractivity contribution is 7.15. The van der Waals surface area contributed by atoms with E-state index in [0.717, 1.165) is 10.6 Å². The van der Waals surface area contributed by atoms with E-state index >= 15 is 0 Å². The summed E-state index contributed by atoms with van der Waals surface area (Å²) in [6, 6.07) is 6.61. The van der Waals surface area contributed by atoms with Gasteiger partial charge in [-0.05, 0) is 31.9 Å². The first kappa shape index (κ1) is 17.1. The maximum absolute atomic E-state index is 12.4. The first-order chi connectivity index (χ1) is 10.9. The fourth-order valence-electron chi connectivity index (χ4n) is 2.08. The Morgan fingerprint density at radius 1 is 1.17 bits per heavy atom. The second-order valence-electron chi connectivity index (χ2n) is 5.68. The summed E-state index contributed by atoms with van der Waals surface area (Å²) >= 11 is 1.30. The van der Waals surface area contributed by atoms with Crippen LogP contribution in [0.4, 0.5) is 5.13 Å². The van der Waals surface area contributed by atoms with Crippen molar-refractivity contribution in [2.75, 3.05) is 5.32 Å². The van der Waals surface area contributed by atoms with Crippen LogP contribution in [0, 0.1) is 19.8 Å². The van der Waals surface area contributed by atoms with Gasteiger partial charge in [-0.25, -0.2) is 0 Å². The van der Waals surface area contributed by atoms with Crippen molar-refractivity contribution in [2.45, 2.75) is 33.7 Å². The van der Waals surface area contributed by atoms with Crippen molar-refractivity contribution in [3.63, 3.8) is 0 Å². The zero-order valence-corrected chi connectivity index (χ0v) is 14.4. The van der Waals surface area contributed by atoms with E-state index in [-0.39, 0.29) is 17.7 Å². The number of hydrogen-bond acceptors (Lipinski definition) is 5. The number of hydrogen-bond donors (Lipinski definition) is 2. The molecule has 122 valence electrons. The zero-order valence-electron chi connectivity index (χ0n) is 13.6. The summed E-state index contributed by atoms with van der Waals surface area (Å²) in [7, 11) is 0. The fraction of sp³-hybridized carbons (Fsp3) is 0.375. The molecule has 0 saturated heterocycles. The minimum Gasteiger partial charge on any atom is -0.340 e. The van der Waals surface area contributed by atoms with E-state index in [0.29, 0.717) is 10.7 Å². The minimum atomic E-state index is -0.646. The van der Waals surface area contributed by atoms with Crippen molar-refractivity contribution < 1.29 is 9.59 Å². The van der Waals surface area contributed by atoms with E-state index < -0.39 is 6.04 Å². The standard InChI is InChI=1S/C16H20N4O2S/c1-9(2)13(15(22)18-16-20-19-11(4)23-16)17-14(21)12-7-5-6-10(3)8-12/h5-9,13H,1-4H3,(H,17,21)(H,18,20,22). The van der Waals surface area contributed by atoms with Crippen LogP contribution in [0.3, 0.4) is 0 Å². The molecule has 2 rings (SSSR count). The third-order valence-corrected chi connectivity index (χ3v) is 4.03. The topological polar surface area (TPSA) is 84.0 Å². The molecule has 1 aromatic heterocycles. The van der Waals surface area contributed by atoms with Crippen LogP contribution in [0.15, 0.2) is 24.3 Å². The number of anilines is 1. The lowest BCUT2D eigenvalue weighted by atomic mass is 10.0. The second-order valence-corrected chi connectivity index (χ2v) is 6.86. The SMILES string of the molecule is Cc1cccc(C(=O)NC(C(=O)Nc2nnc(C)s2)C(C)C)c1. The molecule has 2 N–H and O–H groups in total. The minimum absolute atomic E-state index is 0.0576. The lowest BCUT2D eigenvalue weighted by molar-refractivity contribution is -0.118. The quantitative estimate of drug-likeness (QED) is 0.881. The predicted octanol–water partition coefficient (Wildman–Crippen LogP) is 2.55. The molecule has 0 aliphatic carbocycles. The second kappa shape index (κ2) is 7.32. The number of carbonyl (C=O) groups excluding carboxylic acids is 2. The summed E-state index contributed by atoms with van der Waals surface area (Å²) in [5.41, 5.74) is 1.53. The van der Waals surface area contributed by atoms with Gasteiger partial charge in [0.05, 0.1) is 0 Å². The largest absolute Gasteiger partial charge is 0.340 e. The zero-order chi connectivity index (χ0) is 17.0. The number of benzene rings is 1. The lowest BCUT2D eigenvalue weighted by Gasteiger charge is -2.21. The smallest absolute Gasteiger partial charge is 0.251 e. The molecule has 1 aromatic carbocycles. The molecular weight excluding hydrogens is 312 g/mol. The maximum Gasteiger partial charge on any atom is 0.251 e. The summed E-state index contributed by atoms with van der Waals surface area (Å²) < 4.78 is 0. The summed E-state index contributed by atoms with van der Waals surface area (Å²) in [6.45, 7) is 7.49. The first-order valence-electron chi connectivity index (χ1n) is 7.35. The van der Waals surface area contributed by atoms with E-state index in [9.17, 15) is 9.59 Å². The number of nitrogens with zero attached hydrogens (tertiary/aromatic N) is 2. The molecule has 0 bridgehead atoms. The van der Waals surface area contributed by atoms with Crippen LogP contribution >= 0.6 is 11.3 Å². The van der Waals surface area contributed by atoms with Crippen LogP contribution in [-0.4, -0.2) is 28.1 Å². The summed E-state index contributed by atoms with van der Waals surface area (Å²) in [4.78, 5) is 24.8. The summed E-state index contributed by atoms with van der Waals surface area (Å²) in [5.74, 6) is -0.620. The van der Waals surface area contributed by atoms with Gasteiger partial charge in [0, 0.05) is 5.56 Å². The van der Waals surface area contributed by atoms with Crippen molar-refractivity contribution in [3.05, 3.63) is 40.4 Å². The van der Waals surface area contributed by atoms with Gasteiger partial charge >= 0.3 is 0 Å². The van der Waals surface area contributed by atoms with E-state index in [1.54, 1.807) is 12.1 Å². The number of aromatic nitrogens is 2. The Morgan fingerprint density at radius 3 is 2.48 bits per heavy atom. The molecular formula is C16H20N4O2S. The van der Waals surface area contributed by atoms with Gasteiger partial charge in [0.1, 0.15) is 11.0 Å². The molecule has 7 heteroatoms. The van der Waals surface area contributed by atoms with E-state index in [1.165, 1.54) is 11.3 Å². The van der Waals surface area contributed by atoms with Crippen LogP contribution in [0.25, 0.3) is 0 Å². The maximum atomic E-state index is 12.4. The average molecular weight is 332 g/mol. The molecule has 0 fully saturated rings. The molecule has 2 amide bonds. The van der Waals surface area contributed by atoms with E-state index in [4.69, 9.17) is 0 Å². The number of rotatable bonds is 5. The van der Waals surface area contributed by atoms with Gasteiger partial charge in [0.25, 0.3) is 5.91 Å². The molecule has 0 radical (unpaired) electrons. The predicted molar refractivity (Wildman–Crippen MR) is 90.5 cm³/mol. The van der Waals surface area contributed by atoms with Gasteiger partial charge in [0.2, 0.25) is 11.0 Å². The van der Waals surface area contributed by atoms with Crippen molar-refractivity contribution in [1.82, 2.24) is 15.5 Å². The number of amides is 2. The molecule has 0 saturated carbocycles. The Balaban J connectivity index is 2.09. The van der Waals surface area contributed by atoms with Crippen molar-refractivity contribution in [1.29, 1.82) is 0 Å². The third-order valence-electron chi connectivity index (χ3n) is 3.27. The Bertz CT molecular complexity index is 712. The highest BCUT2D eigenvalue weighted by Crippen LogP contribution is 2.15. The van der Waals surface area contributed by atoms with Crippen LogP contribution in [0.1, 0.15) is 34.8 Å². The molecule has 1 atom stereocenters. The molecule has 2 aromatic rings. The Morgan fingerprint density at radius 2 is 1.91 bits per heavy atom.